The van der Waals surface area contributed by atoms with Crippen molar-refractivity contribution in [1.82, 2.24) is 0 Å². The lowest BCUT2D eigenvalue weighted by atomic mass is 9.63. The van der Waals surface area contributed by atoms with Gasteiger partial charge in [-0.15, -0.1) is 0 Å². The van der Waals surface area contributed by atoms with Crippen LogP contribution in [0.4, 0.5) is 0 Å². The highest BCUT2D eigenvalue weighted by molar-refractivity contribution is 5.62. The average Bonchev–Trinajstić information content (AvgIpc) is 2.62. The number of hydrogen-bond acceptors (Lipinski definition) is 3. The summed E-state index contributed by atoms with van der Waals surface area (Å²) in [4.78, 5) is 0. The fourth-order valence-corrected chi connectivity index (χ4v) is 3.14. The van der Waals surface area contributed by atoms with Gasteiger partial charge in [0.1, 0.15) is 5.60 Å². The van der Waals surface area contributed by atoms with Crippen LogP contribution in [-0.4, -0.2) is 21.9 Å². The normalized spacial score (nSPS) is 34.8. The fourth-order valence-electron chi connectivity index (χ4n) is 3.14. The third kappa shape index (κ3) is 1.57. The largest absolute Gasteiger partial charge is 0.472 e. The highest BCUT2D eigenvalue weighted by Crippen LogP contribution is 2.48. The maximum Gasteiger partial charge on any atom is 0.116 e. The van der Waals surface area contributed by atoms with Crippen molar-refractivity contribution in [2.75, 3.05) is 0 Å². The zero-order valence-electron chi connectivity index (χ0n) is 10.2. The Kier molecular flexibility index (Phi) is 2.11. The highest BCUT2D eigenvalue weighted by atomic mass is 16.3. The number of hydrogen-bond donors (Lipinski definition) is 2. The first kappa shape index (κ1) is 11.1. The molecule has 1 aromatic heterocycles. The minimum Gasteiger partial charge on any atom is -0.472 e. The summed E-state index contributed by atoms with van der Waals surface area (Å²) in [5.74, 6) is 0. The molecular formula is C14H18O3. The minimum atomic E-state index is -1.09. The van der Waals surface area contributed by atoms with Gasteiger partial charge < -0.3 is 14.6 Å². The molecule has 0 spiro atoms. The molecule has 3 heteroatoms. The van der Waals surface area contributed by atoms with Gasteiger partial charge in [-0.05, 0) is 29.9 Å². The van der Waals surface area contributed by atoms with E-state index in [9.17, 15) is 10.2 Å². The Bertz CT molecular complexity index is 483. The van der Waals surface area contributed by atoms with Gasteiger partial charge in [-0.3, -0.25) is 0 Å². The molecule has 92 valence electrons. The van der Waals surface area contributed by atoms with Crippen molar-refractivity contribution in [3.05, 3.63) is 29.2 Å². The molecular weight excluding hydrogens is 216 g/mol. The van der Waals surface area contributed by atoms with Crippen LogP contribution in [0.25, 0.3) is 6.08 Å². The van der Waals surface area contributed by atoms with Crippen molar-refractivity contribution >= 4 is 6.08 Å². The molecule has 1 saturated carbocycles. The molecule has 2 aliphatic rings. The Morgan fingerprint density at radius 1 is 1.29 bits per heavy atom. The summed E-state index contributed by atoms with van der Waals surface area (Å²) in [7, 11) is 0. The summed E-state index contributed by atoms with van der Waals surface area (Å²) >= 11 is 0. The van der Waals surface area contributed by atoms with Crippen LogP contribution >= 0.6 is 0 Å². The standard InChI is InChI=1S/C14H18O3/c1-13(2)5-11-3-9-7-17-8-10(9)4-14(11,16)12(15)6-13/h3,7-8,12,15-16H,4-6H2,1-2H3/t12-,14-/m1/s1. The molecule has 0 amide bonds. The highest BCUT2D eigenvalue weighted by Gasteiger charge is 2.49. The zero-order chi connectivity index (χ0) is 12.3. The van der Waals surface area contributed by atoms with Crippen LogP contribution in [0.2, 0.25) is 0 Å². The molecule has 0 aromatic carbocycles. The molecule has 0 unspecified atom stereocenters. The van der Waals surface area contributed by atoms with E-state index < -0.39 is 11.7 Å². The van der Waals surface area contributed by atoms with Crippen LogP contribution in [0.15, 0.2) is 22.5 Å². The van der Waals surface area contributed by atoms with Crippen LogP contribution in [0.1, 0.15) is 37.8 Å². The van der Waals surface area contributed by atoms with E-state index in [2.05, 4.69) is 13.8 Å². The molecule has 1 aromatic rings. The topological polar surface area (TPSA) is 53.6 Å². The molecule has 0 bridgehead atoms. The quantitative estimate of drug-likeness (QED) is 0.723. The summed E-state index contributed by atoms with van der Waals surface area (Å²) in [5.41, 5.74) is 1.91. The Hall–Kier alpha value is -1.06. The van der Waals surface area contributed by atoms with E-state index in [-0.39, 0.29) is 5.41 Å². The maximum atomic E-state index is 10.7. The molecule has 1 fully saturated rings. The van der Waals surface area contributed by atoms with Crippen molar-refractivity contribution in [3.8, 4) is 0 Å². The minimum absolute atomic E-state index is 0.0404. The maximum absolute atomic E-state index is 10.7. The molecule has 3 rings (SSSR count). The molecule has 0 radical (unpaired) electrons. The smallest absolute Gasteiger partial charge is 0.116 e. The van der Waals surface area contributed by atoms with Crippen LogP contribution in [0, 0.1) is 5.41 Å². The van der Waals surface area contributed by atoms with Crippen molar-refractivity contribution in [2.45, 2.75) is 44.8 Å². The van der Waals surface area contributed by atoms with Gasteiger partial charge in [0, 0.05) is 17.5 Å². The first-order chi connectivity index (χ1) is 7.91. The number of furan rings is 1. The van der Waals surface area contributed by atoms with E-state index in [1.807, 2.05) is 6.08 Å². The van der Waals surface area contributed by atoms with Crippen molar-refractivity contribution in [2.24, 2.45) is 5.41 Å². The fraction of sp³-hybridized carbons (Fsp3) is 0.571. The predicted octanol–water partition coefficient (Wildman–Crippen LogP) is 2.13. The molecule has 17 heavy (non-hydrogen) atoms. The van der Waals surface area contributed by atoms with E-state index in [4.69, 9.17) is 4.42 Å². The van der Waals surface area contributed by atoms with E-state index in [0.29, 0.717) is 12.8 Å². The Morgan fingerprint density at radius 2 is 2.06 bits per heavy atom. The van der Waals surface area contributed by atoms with Crippen LogP contribution in [-0.2, 0) is 6.42 Å². The van der Waals surface area contributed by atoms with Gasteiger partial charge in [-0.1, -0.05) is 13.8 Å². The average molecular weight is 234 g/mol. The Morgan fingerprint density at radius 3 is 2.82 bits per heavy atom. The third-order valence-corrected chi connectivity index (χ3v) is 4.09. The van der Waals surface area contributed by atoms with Gasteiger partial charge in [0.25, 0.3) is 0 Å². The van der Waals surface area contributed by atoms with Gasteiger partial charge in [0.05, 0.1) is 18.6 Å². The summed E-state index contributed by atoms with van der Waals surface area (Å²) in [5, 5.41) is 20.9. The number of aliphatic hydroxyl groups is 2. The van der Waals surface area contributed by atoms with Gasteiger partial charge in [-0.25, -0.2) is 0 Å². The van der Waals surface area contributed by atoms with Gasteiger partial charge in [0.15, 0.2) is 0 Å². The first-order valence-corrected chi connectivity index (χ1v) is 6.07. The van der Waals surface area contributed by atoms with E-state index >= 15 is 0 Å². The number of fused-ring (bicyclic) bond motifs is 2. The third-order valence-electron chi connectivity index (χ3n) is 4.09. The number of rotatable bonds is 0. The molecule has 2 atom stereocenters. The van der Waals surface area contributed by atoms with Crippen molar-refractivity contribution in [1.29, 1.82) is 0 Å². The molecule has 3 nitrogen and oxygen atoms in total. The summed E-state index contributed by atoms with van der Waals surface area (Å²) < 4.78 is 5.17. The summed E-state index contributed by atoms with van der Waals surface area (Å²) in [6.07, 6.45) is 6.57. The summed E-state index contributed by atoms with van der Waals surface area (Å²) in [6, 6.07) is 0. The van der Waals surface area contributed by atoms with Crippen LogP contribution in [0.5, 0.6) is 0 Å². The van der Waals surface area contributed by atoms with Gasteiger partial charge in [0.2, 0.25) is 0 Å². The summed E-state index contributed by atoms with van der Waals surface area (Å²) in [6.45, 7) is 4.25. The molecule has 2 aliphatic carbocycles. The lowest BCUT2D eigenvalue weighted by Gasteiger charge is -2.47. The van der Waals surface area contributed by atoms with Gasteiger partial charge in [-0.2, -0.15) is 0 Å². The first-order valence-electron chi connectivity index (χ1n) is 6.07. The second kappa shape index (κ2) is 3.24. The van der Waals surface area contributed by atoms with E-state index in [0.717, 1.165) is 23.1 Å². The molecule has 0 aliphatic heterocycles. The Labute approximate surface area is 101 Å². The second-order valence-electron chi connectivity index (χ2n) is 6.18. The van der Waals surface area contributed by atoms with Gasteiger partial charge >= 0.3 is 0 Å². The molecule has 0 saturated heterocycles. The SMILES string of the molecule is CC1(C)CC2=Cc3cocc3C[C@]2(O)[C@H](O)C1. The Balaban J connectivity index is 2.09. The lowest BCUT2D eigenvalue weighted by Crippen LogP contribution is -2.53. The molecule has 2 N–H and O–H groups in total. The van der Waals surface area contributed by atoms with E-state index in [1.54, 1.807) is 12.5 Å². The monoisotopic (exact) mass is 234 g/mol. The lowest BCUT2D eigenvalue weighted by molar-refractivity contribution is -0.0881. The van der Waals surface area contributed by atoms with Crippen LogP contribution < -0.4 is 0 Å². The molecule has 1 heterocycles. The van der Waals surface area contributed by atoms with Crippen molar-refractivity contribution < 1.29 is 14.6 Å². The van der Waals surface area contributed by atoms with Crippen LogP contribution in [0.3, 0.4) is 0 Å². The van der Waals surface area contributed by atoms with Crippen molar-refractivity contribution in [3.63, 3.8) is 0 Å². The zero-order valence-corrected chi connectivity index (χ0v) is 10.2. The predicted molar refractivity (Wildman–Crippen MR) is 64.4 cm³/mol. The second-order valence-corrected chi connectivity index (χ2v) is 6.18. The van der Waals surface area contributed by atoms with E-state index in [1.165, 1.54) is 0 Å². The number of aliphatic hydroxyl groups excluding tert-OH is 1.